The van der Waals surface area contributed by atoms with Gasteiger partial charge in [-0.2, -0.15) is 0 Å². The quantitative estimate of drug-likeness (QED) is 0.758. The Kier molecular flexibility index (Phi) is 4.68. The summed E-state index contributed by atoms with van der Waals surface area (Å²) >= 11 is 0. The SMILES string of the molecule is CCN(CC)C(=O)O[CH]c1ccccc1. The van der Waals surface area contributed by atoms with E-state index < -0.39 is 0 Å². The van der Waals surface area contributed by atoms with Crippen LogP contribution < -0.4 is 0 Å². The maximum absolute atomic E-state index is 11.5. The lowest BCUT2D eigenvalue weighted by molar-refractivity contribution is 0.132. The lowest BCUT2D eigenvalue weighted by Gasteiger charge is -2.17. The Balaban J connectivity index is 2.40. The molecule has 1 aromatic rings. The Labute approximate surface area is 90.7 Å². The monoisotopic (exact) mass is 206 g/mol. The highest BCUT2D eigenvalue weighted by molar-refractivity contribution is 5.68. The van der Waals surface area contributed by atoms with E-state index >= 15 is 0 Å². The molecule has 0 N–H and O–H groups in total. The summed E-state index contributed by atoms with van der Waals surface area (Å²) in [6.45, 7) is 6.65. The van der Waals surface area contributed by atoms with Crippen LogP contribution in [0, 0.1) is 6.61 Å². The van der Waals surface area contributed by atoms with Crippen LogP contribution in [0.15, 0.2) is 30.3 Å². The predicted octanol–water partition coefficient (Wildman–Crippen LogP) is 2.67. The molecule has 0 aromatic heterocycles. The second-order valence-corrected chi connectivity index (χ2v) is 3.08. The number of carbonyl (C=O) groups is 1. The van der Waals surface area contributed by atoms with Crippen molar-refractivity contribution in [2.24, 2.45) is 0 Å². The van der Waals surface area contributed by atoms with Crippen molar-refractivity contribution >= 4 is 6.09 Å². The smallest absolute Gasteiger partial charge is 0.410 e. The molecule has 1 amide bonds. The van der Waals surface area contributed by atoms with E-state index in [1.165, 1.54) is 6.61 Å². The first-order chi connectivity index (χ1) is 7.27. The number of nitrogens with zero attached hydrogens (tertiary/aromatic N) is 1. The van der Waals surface area contributed by atoms with Gasteiger partial charge in [-0.3, -0.25) is 0 Å². The number of hydrogen-bond donors (Lipinski definition) is 0. The first-order valence-electron chi connectivity index (χ1n) is 5.11. The van der Waals surface area contributed by atoms with E-state index in [9.17, 15) is 4.79 Å². The minimum Gasteiger partial charge on any atom is -0.437 e. The van der Waals surface area contributed by atoms with Gasteiger partial charge in [0, 0.05) is 13.1 Å². The van der Waals surface area contributed by atoms with Crippen molar-refractivity contribution < 1.29 is 9.53 Å². The molecule has 81 valence electrons. The molecule has 0 bridgehead atoms. The third-order valence-corrected chi connectivity index (χ3v) is 2.12. The fourth-order valence-electron chi connectivity index (χ4n) is 1.21. The van der Waals surface area contributed by atoms with Gasteiger partial charge in [0.05, 0.1) is 0 Å². The Bertz CT molecular complexity index is 294. The summed E-state index contributed by atoms with van der Waals surface area (Å²) in [6.07, 6.45) is -0.302. The van der Waals surface area contributed by atoms with Crippen LogP contribution >= 0.6 is 0 Å². The van der Waals surface area contributed by atoms with Crippen LogP contribution in [0.5, 0.6) is 0 Å². The fourth-order valence-corrected chi connectivity index (χ4v) is 1.21. The number of carbonyl (C=O) groups excluding carboxylic acids is 1. The lowest BCUT2D eigenvalue weighted by Crippen LogP contribution is -2.30. The third-order valence-electron chi connectivity index (χ3n) is 2.12. The summed E-state index contributed by atoms with van der Waals surface area (Å²) < 4.78 is 5.03. The standard InChI is InChI=1S/C12H16NO2/c1-3-13(4-2)12(14)15-10-11-8-6-5-7-9-11/h5-10H,3-4H2,1-2H3. The molecule has 0 heterocycles. The average Bonchev–Trinajstić information content (AvgIpc) is 2.29. The topological polar surface area (TPSA) is 29.5 Å². The van der Waals surface area contributed by atoms with Crippen molar-refractivity contribution in [2.45, 2.75) is 13.8 Å². The molecule has 0 saturated carbocycles. The largest absolute Gasteiger partial charge is 0.437 e. The minimum atomic E-state index is -0.302. The van der Waals surface area contributed by atoms with Crippen molar-refractivity contribution in [1.29, 1.82) is 0 Å². The summed E-state index contributed by atoms with van der Waals surface area (Å²) in [5, 5.41) is 0. The molecule has 1 radical (unpaired) electrons. The zero-order valence-corrected chi connectivity index (χ0v) is 9.14. The molecule has 1 aromatic carbocycles. The second kappa shape index (κ2) is 6.06. The van der Waals surface area contributed by atoms with E-state index in [1.54, 1.807) is 4.90 Å². The predicted molar refractivity (Wildman–Crippen MR) is 59.2 cm³/mol. The molecular formula is C12H16NO2. The zero-order valence-electron chi connectivity index (χ0n) is 9.14. The van der Waals surface area contributed by atoms with Gasteiger partial charge in [-0.15, -0.1) is 0 Å². The number of hydrogen-bond acceptors (Lipinski definition) is 2. The number of benzene rings is 1. The summed E-state index contributed by atoms with van der Waals surface area (Å²) in [5.41, 5.74) is 0.887. The normalized spacial score (nSPS) is 9.73. The van der Waals surface area contributed by atoms with Crippen molar-refractivity contribution in [3.05, 3.63) is 42.5 Å². The maximum atomic E-state index is 11.5. The Morgan fingerprint density at radius 2 is 1.87 bits per heavy atom. The van der Waals surface area contributed by atoms with Gasteiger partial charge in [-0.1, -0.05) is 30.3 Å². The van der Waals surface area contributed by atoms with Gasteiger partial charge in [0.15, 0.2) is 6.61 Å². The van der Waals surface area contributed by atoms with Gasteiger partial charge >= 0.3 is 6.09 Å². The second-order valence-electron chi connectivity index (χ2n) is 3.08. The first-order valence-corrected chi connectivity index (χ1v) is 5.11. The molecule has 0 saturated heterocycles. The molecule has 1 rings (SSSR count). The van der Waals surface area contributed by atoms with Crippen molar-refractivity contribution in [3.8, 4) is 0 Å². The molecular weight excluding hydrogens is 190 g/mol. The van der Waals surface area contributed by atoms with E-state index in [1.807, 2.05) is 44.2 Å². The van der Waals surface area contributed by atoms with Crippen LogP contribution in [0.2, 0.25) is 0 Å². The zero-order chi connectivity index (χ0) is 11.1. The third kappa shape index (κ3) is 3.62. The van der Waals surface area contributed by atoms with Crippen molar-refractivity contribution in [3.63, 3.8) is 0 Å². The molecule has 0 aliphatic rings. The molecule has 0 spiro atoms. The van der Waals surface area contributed by atoms with Gasteiger partial charge in [0.25, 0.3) is 0 Å². The fraction of sp³-hybridized carbons (Fsp3) is 0.333. The number of rotatable bonds is 4. The van der Waals surface area contributed by atoms with Crippen LogP contribution in [-0.4, -0.2) is 24.1 Å². The Morgan fingerprint density at radius 3 is 2.40 bits per heavy atom. The highest BCUT2D eigenvalue weighted by atomic mass is 16.6. The van der Waals surface area contributed by atoms with Gasteiger partial charge in [-0.25, -0.2) is 4.79 Å². The molecule has 0 unspecified atom stereocenters. The highest BCUT2D eigenvalue weighted by Crippen LogP contribution is 2.04. The molecule has 3 heteroatoms. The van der Waals surface area contributed by atoms with E-state index in [-0.39, 0.29) is 6.09 Å². The number of ether oxygens (including phenoxy) is 1. The molecule has 0 atom stereocenters. The molecule has 0 aliphatic carbocycles. The van der Waals surface area contributed by atoms with Gasteiger partial charge < -0.3 is 9.64 Å². The Hall–Kier alpha value is -1.51. The first kappa shape index (κ1) is 11.6. The summed E-state index contributed by atoms with van der Waals surface area (Å²) in [5.74, 6) is 0. The van der Waals surface area contributed by atoms with Gasteiger partial charge in [0.1, 0.15) is 0 Å². The van der Waals surface area contributed by atoms with Gasteiger partial charge in [0.2, 0.25) is 0 Å². The van der Waals surface area contributed by atoms with E-state index in [2.05, 4.69) is 0 Å². The molecule has 0 aliphatic heterocycles. The van der Waals surface area contributed by atoms with Crippen LogP contribution in [0.3, 0.4) is 0 Å². The number of amides is 1. The van der Waals surface area contributed by atoms with E-state index in [0.717, 1.165) is 5.56 Å². The summed E-state index contributed by atoms with van der Waals surface area (Å²) in [7, 11) is 0. The highest BCUT2D eigenvalue weighted by Gasteiger charge is 2.10. The van der Waals surface area contributed by atoms with E-state index in [0.29, 0.717) is 13.1 Å². The van der Waals surface area contributed by atoms with Crippen LogP contribution in [0.25, 0.3) is 0 Å². The van der Waals surface area contributed by atoms with E-state index in [4.69, 9.17) is 4.74 Å². The molecule has 0 fully saturated rings. The summed E-state index contributed by atoms with van der Waals surface area (Å²) in [4.78, 5) is 13.1. The van der Waals surface area contributed by atoms with Crippen molar-refractivity contribution in [2.75, 3.05) is 13.1 Å². The van der Waals surface area contributed by atoms with Crippen LogP contribution in [0.4, 0.5) is 4.79 Å². The minimum absolute atomic E-state index is 0.302. The van der Waals surface area contributed by atoms with Crippen LogP contribution in [-0.2, 0) is 4.74 Å². The molecule has 15 heavy (non-hydrogen) atoms. The lowest BCUT2D eigenvalue weighted by atomic mass is 10.2. The summed E-state index contributed by atoms with van der Waals surface area (Å²) in [6, 6.07) is 9.49. The maximum Gasteiger partial charge on any atom is 0.410 e. The average molecular weight is 206 g/mol. The van der Waals surface area contributed by atoms with Crippen LogP contribution in [0.1, 0.15) is 19.4 Å². The van der Waals surface area contributed by atoms with Crippen molar-refractivity contribution in [1.82, 2.24) is 4.90 Å². The Morgan fingerprint density at radius 1 is 1.27 bits per heavy atom. The molecule has 3 nitrogen and oxygen atoms in total. The van der Waals surface area contributed by atoms with Gasteiger partial charge in [-0.05, 0) is 19.4 Å².